The molecule has 0 atom stereocenters. The molecule has 1 aliphatic heterocycles. The van der Waals surface area contributed by atoms with E-state index in [9.17, 15) is 9.59 Å². The molecule has 2 aromatic rings. The Morgan fingerprint density at radius 2 is 1.97 bits per heavy atom. The number of benzene rings is 1. The first-order valence-electron chi connectivity index (χ1n) is 9.65. The van der Waals surface area contributed by atoms with E-state index >= 15 is 0 Å². The minimum atomic E-state index is -0.280. The van der Waals surface area contributed by atoms with E-state index in [2.05, 4.69) is 20.8 Å². The summed E-state index contributed by atoms with van der Waals surface area (Å²) in [6.45, 7) is 5.34. The average Bonchev–Trinajstić information content (AvgIpc) is 2.73. The molecule has 9 nitrogen and oxygen atoms in total. The number of esters is 1. The van der Waals surface area contributed by atoms with Crippen LogP contribution >= 0.6 is 0 Å². The number of hydrazine groups is 1. The molecule has 0 spiro atoms. The van der Waals surface area contributed by atoms with Gasteiger partial charge in [0.25, 0.3) is 5.91 Å². The number of nitrogens with two attached hydrogens (primary N) is 1. The van der Waals surface area contributed by atoms with Crippen molar-refractivity contribution in [3.63, 3.8) is 0 Å². The van der Waals surface area contributed by atoms with Crippen LogP contribution in [0.25, 0.3) is 0 Å². The SMILES string of the molecule is CCOC(=O)C1CCN(c2ncnc(NNC(=O)c3ccccc3C)c2N)CC1. The molecule has 0 bridgehead atoms. The van der Waals surface area contributed by atoms with Gasteiger partial charge in [-0.05, 0) is 38.3 Å². The third-order valence-corrected chi connectivity index (χ3v) is 4.96. The highest BCUT2D eigenvalue weighted by molar-refractivity contribution is 5.96. The highest BCUT2D eigenvalue weighted by Crippen LogP contribution is 2.29. The van der Waals surface area contributed by atoms with Crippen molar-refractivity contribution in [2.45, 2.75) is 26.7 Å². The second kappa shape index (κ2) is 9.22. The first-order chi connectivity index (χ1) is 14.0. The average molecular weight is 398 g/mol. The van der Waals surface area contributed by atoms with E-state index in [1.54, 1.807) is 19.1 Å². The van der Waals surface area contributed by atoms with Gasteiger partial charge in [0.05, 0.1) is 12.5 Å². The first-order valence-corrected chi connectivity index (χ1v) is 9.65. The molecule has 3 rings (SSSR count). The van der Waals surface area contributed by atoms with Crippen molar-refractivity contribution in [2.75, 3.05) is 35.8 Å². The number of rotatable bonds is 6. The van der Waals surface area contributed by atoms with Gasteiger partial charge in [-0.25, -0.2) is 9.97 Å². The number of piperidine rings is 1. The maximum atomic E-state index is 12.4. The number of nitrogen functional groups attached to an aromatic ring is 1. The summed E-state index contributed by atoms with van der Waals surface area (Å²) >= 11 is 0. The van der Waals surface area contributed by atoms with Gasteiger partial charge in [-0.3, -0.25) is 20.4 Å². The van der Waals surface area contributed by atoms with Crippen molar-refractivity contribution in [2.24, 2.45) is 5.92 Å². The Hall–Kier alpha value is -3.36. The lowest BCUT2D eigenvalue weighted by Gasteiger charge is -2.32. The number of nitrogens with one attached hydrogen (secondary N) is 2. The van der Waals surface area contributed by atoms with Crippen LogP contribution in [0, 0.1) is 12.8 Å². The number of carbonyl (C=O) groups is 2. The number of hydrogen-bond acceptors (Lipinski definition) is 8. The molecule has 1 saturated heterocycles. The van der Waals surface area contributed by atoms with Gasteiger partial charge in [-0.2, -0.15) is 0 Å². The summed E-state index contributed by atoms with van der Waals surface area (Å²) in [6, 6.07) is 7.29. The third-order valence-electron chi connectivity index (χ3n) is 4.96. The molecule has 1 aromatic carbocycles. The number of aromatic nitrogens is 2. The van der Waals surface area contributed by atoms with Crippen molar-refractivity contribution < 1.29 is 14.3 Å². The fourth-order valence-electron chi connectivity index (χ4n) is 3.34. The lowest BCUT2D eigenvalue weighted by molar-refractivity contribution is -0.148. The van der Waals surface area contributed by atoms with Crippen molar-refractivity contribution in [3.8, 4) is 0 Å². The van der Waals surface area contributed by atoms with Crippen LogP contribution in [0.5, 0.6) is 0 Å². The zero-order chi connectivity index (χ0) is 20.8. The highest BCUT2D eigenvalue weighted by Gasteiger charge is 2.28. The quantitative estimate of drug-likeness (QED) is 0.498. The van der Waals surface area contributed by atoms with Crippen molar-refractivity contribution in [3.05, 3.63) is 41.7 Å². The fraction of sp³-hybridized carbons (Fsp3) is 0.400. The molecule has 0 unspecified atom stereocenters. The van der Waals surface area contributed by atoms with Gasteiger partial charge < -0.3 is 15.4 Å². The molecule has 0 radical (unpaired) electrons. The largest absolute Gasteiger partial charge is 0.466 e. The minimum Gasteiger partial charge on any atom is -0.466 e. The summed E-state index contributed by atoms with van der Waals surface area (Å²) in [5, 5.41) is 0. The van der Waals surface area contributed by atoms with Crippen LogP contribution < -0.4 is 21.5 Å². The number of carbonyl (C=O) groups excluding carboxylic acids is 2. The summed E-state index contributed by atoms with van der Waals surface area (Å²) in [6.07, 6.45) is 2.75. The summed E-state index contributed by atoms with van der Waals surface area (Å²) < 4.78 is 5.11. The van der Waals surface area contributed by atoms with Crippen LogP contribution in [0.15, 0.2) is 30.6 Å². The van der Waals surface area contributed by atoms with E-state index in [1.165, 1.54) is 6.33 Å². The van der Waals surface area contributed by atoms with Crippen LogP contribution in [-0.2, 0) is 9.53 Å². The molecule has 29 heavy (non-hydrogen) atoms. The van der Waals surface area contributed by atoms with Gasteiger partial charge in [0.2, 0.25) is 0 Å². The summed E-state index contributed by atoms with van der Waals surface area (Å²) in [5.41, 5.74) is 13.4. The number of nitrogens with zero attached hydrogens (tertiary/aromatic N) is 3. The molecule has 4 N–H and O–H groups in total. The Morgan fingerprint density at radius 3 is 2.66 bits per heavy atom. The molecular weight excluding hydrogens is 372 g/mol. The Kier molecular flexibility index (Phi) is 6.48. The zero-order valence-electron chi connectivity index (χ0n) is 16.6. The van der Waals surface area contributed by atoms with Gasteiger partial charge in [-0.15, -0.1) is 0 Å². The number of amides is 1. The lowest BCUT2D eigenvalue weighted by Crippen LogP contribution is -2.38. The minimum absolute atomic E-state index is 0.0970. The van der Waals surface area contributed by atoms with Gasteiger partial charge in [0, 0.05) is 18.7 Å². The third kappa shape index (κ3) is 4.74. The van der Waals surface area contributed by atoms with Crippen molar-refractivity contribution >= 4 is 29.2 Å². The maximum absolute atomic E-state index is 12.4. The van der Waals surface area contributed by atoms with Gasteiger partial charge in [-0.1, -0.05) is 18.2 Å². The zero-order valence-corrected chi connectivity index (χ0v) is 16.6. The Bertz CT molecular complexity index is 880. The molecule has 1 amide bonds. The van der Waals surface area contributed by atoms with E-state index < -0.39 is 0 Å². The van der Waals surface area contributed by atoms with Crippen LogP contribution in [-0.4, -0.2) is 41.5 Å². The van der Waals surface area contributed by atoms with Gasteiger partial charge >= 0.3 is 5.97 Å². The number of hydrogen-bond donors (Lipinski definition) is 3. The summed E-state index contributed by atoms with van der Waals surface area (Å²) in [4.78, 5) is 34.7. The number of anilines is 3. The second-order valence-electron chi connectivity index (χ2n) is 6.87. The maximum Gasteiger partial charge on any atom is 0.309 e. The van der Waals surface area contributed by atoms with Crippen LogP contribution in [0.1, 0.15) is 35.7 Å². The van der Waals surface area contributed by atoms with E-state index in [0.717, 1.165) is 5.56 Å². The monoisotopic (exact) mass is 398 g/mol. The molecular formula is C20H26N6O3. The molecule has 9 heteroatoms. The Labute approximate surface area is 169 Å². The Morgan fingerprint density at radius 1 is 1.24 bits per heavy atom. The van der Waals surface area contributed by atoms with Gasteiger partial charge in [0.15, 0.2) is 11.6 Å². The number of aryl methyl sites for hydroxylation is 1. The van der Waals surface area contributed by atoms with Crippen LogP contribution in [0.4, 0.5) is 17.3 Å². The van der Waals surface area contributed by atoms with Crippen LogP contribution in [0.3, 0.4) is 0 Å². The normalized spacial score (nSPS) is 14.3. The van der Waals surface area contributed by atoms with Crippen molar-refractivity contribution in [1.82, 2.24) is 15.4 Å². The molecule has 1 aliphatic rings. The predicted octanol–water partition coefficient (Wildman–Crippen LogP) is 1.90. The van der Waals surface area contributed by atoms with E-state index in [-0.39, 0.29) is 17.8 Å². The highest BCUT2D eigenvalue weighted by atomic mass is 16.5. The summed E-state index contributed by atoms with van der Waals surface area (Å²) in [5.74, 6) is 0.377. The first kappa shape index (κ1) is 20.4. The fourth-order valence-corrected chi connectivity index (χ4v) is 3.34. The number of ether oxygens (including phenoxy) is 1. The van der Waals surface area contributed by atoms with Crippen LogP contribution in [0.2, 0.25) is 0 Å². The van der Waals surface area contributed by atoms with E-state index in [0.29, 0.717) is 55.4 Å². The molecule has 0 aliphatic carbocycles. The Balaban J connectivity index is 1.64. The summed E-state index contributed by atoms with van der Waals surface area (Å²) in [7, 11) is 0. The van der Waals surface area contributed by atoms with E-state index in [4.69, 9.17) is 10.5 Å². The lowest BCUT2D eigenvalue weighted by atomic mass is 9.97. The van der Waals surface area contributed by atoms with Crippen molar-refractivity contribution in [1.29, 1.82) is 0 Å². The standard InChI is InChI=1S/C20H26N6O3/c1-3-29-20(28)14-8-10-26(11-9-14)18-16(21)17(22-12-23-18)24-25-19(27)15-7-5-4-6-13(15)2/h4-7,12,14H,3,8-11,21H2,1-2H3,(H,25,27)(H,22,23,24). The molecule has 154 valence electrons. The van der Waals surface area contributed by atoms with E-state index in [1.807, 2.05) is 24.0 Å². The topological polar surface area (TPSA) is 122 Å². The molecule has 1 aromatic heterocycles. The molecule has 1 fully saturated rings. The second-order valence-corrected chi connectivity index (χ2v) is 6.87. The molecule has 2 heterocycles. The predicted molar refractivity (Wildman–Crippen MR) is 110 cm³/mol. The smallest absolute Gasteiger partial charge is 0.309 e. The molecule has 0 saturated carbocycles. The van der Waals surface area contributed by atoms with Gasteiger partial charge in [0.1, 0.15) is 12.0 Å².